The second-order valence-electron chi connectivity index (χ2n) is 3.99. The molecular formula is C12H12BrFN2. The number of halogens is 2. The molecule has 1 aliphatic rings. The second-order valence-corrected chi connectivity index (χ2v) is 4.91. The maximum absolute atomic E-state index is 13.5. The molecule has 1 atom stereocenters. The van der Waals surface area contributed by atoms with E-state index in [1.807, 2.05) is 4.90 Å². The average molecular weight is 283 g/mol. The van der Waals surface area contributed by atoms with Crippen molar-refractivity contribution < 1.29 is 4.39 Å². The molecule has 4 heteroatoms. The summed E-state index contributed by atoms with van der Waals surface area (Å²) in [5.74, 6) is -0.202. The van der Waals surface area contributed by atoms with Gasteiger partial charge in [-0.05, 0) is 37.6 Å². The molecule has 1 heterocycles. The molecular weight excluding hydrogens is 271 g/mol. The van der Waals surface area contributed by atoms with E-state index in [1.54, 1.807) is 12.1 Å². The molecule has 16 heavy (non-hydrogen) atoms. The summed E-state index contributed by atoms with van der Waals surface area (Å²) in [7, 11) is 0. The van der Waals surface area contributed by atoms with Crippen molar-refractivity contribution in [2.45, 2.75) is 25.4 Å². The highest BCUT2D eigenvalue weighted by Crippen LogP contribution is 2.22. The number of nitrogens with zero attached hydrogens (tertiary/aromatic N) is 2. The number of benzene rings is 1. The summed E-state index contributed by atoms with van der Waals surface area (Å²) in [5.41, 5.74) is 0.650. The van der Waals surface area contributed by atoms with Crippen molar-refractivity contribution in [1.82, 2.24) is 4.90 Å². The minimum atomic E-state index is -0.202. The Labute approximate surface area is 103 Å². The fourth-order valence-corrected chi connectivity index (χ4v) is 2.45. The first-order valence-corrected chi connectivity index (χ1v) is 6.07. The summed E-state index contributed by atoms with van der Waals surface area (Å²) < 4.78 is 14.4. The largest absolute Gasteiger partial charge is 0.284 e. The van der Waals surface area contributed by atoms with E-state index < -0.39 is 0 Å². The highest BCUT2D eigenvalue weighted by atomic mass is 79.9. The lowest BCUT2D eigenvalue weighted by Crippen LogP contribution is -2.27. The third-order valence-corrected chi connectivity index (χ3v) is 3.39. The molecule has 2 nitrogen and oxygen atoms in total. The molecule has 1 fully saturated rings. The molecule has 1 unspecified atom stereocenters. The van der Waals surface area contributed by atoms with Gasteiger partial charge in [-0.15, -0.1) is 0 Å². The smallest absolute Gasteiger partial charge is 0.127 e. The molecule has 0 aliphatic carbocycles. The van der Waals surface area contributed by atoms with Gasteiger partial charge in [-0.25, -0.2) is 4.39 Å². The Balaban J connectivity index is 2.14. The molecule has 0 saturated carbocycles. The Morgan fingerprint density at radius 1 is 1.56 bits per heavy atom. The number of likely N-dealkylation sites (tertiary alicyclic amines) is 1. The molecule has 0 aromatic heterocycles. The van der Waals surface area contributed by atoms with Crippen LogP contribution in [0.4, 0.5) is 4.39 Å². The average Bonchev–Trinajstić information content (AvgIpc) is 2.71. The zero-order valence-electron chi connectivity index (χ0n) is 8.79. The molecule has 0 radical (unpaired) electrons. The first-order chi connectivity index (χ1) is 7.70. The van der Waals surface area contributed by atoms with Crippen LogP contribution < -0.4 is 0 Å². The van der Waals surface area contributed by atoms with E-state index in [0.717, 1.165) is 23.9 Å². The lowest BCUT2D eigenvalue weighted by atomic mass is 10.2. The lowest BCUT2D eigenvalue weighted by Gasteiger charge is -2.19. The predicted molar refractivity (Wildman–Crippen MR) is 63.1 cm³/mol. The first-order valence-electron chi connectivity index (χ1n) is 5.28. The Bertz CT molecular complexity index is 428. The monoisotopic (exact) mass is 282 g/mol. The standard InChI is InChI=1S/C12H12BrFN2/c13-10-3-4-12(14)9(6-10)8-16-5-1-2-11(16)7-15/h3-4,6,11H,1-2,5,8H2. The van der Waals surface area contributed by atoms with E-state index in [4.69, 9.17) is 5.26 Å². The molecule has 1 aromatic carbocycles. The number of nitriles is 1. The van der Waals surface area contributed by atoms with Crippen molar-refractivity contribution in [2.75, 3.05) is 6.54 Å². The Morgan fingerprint density at radius 3 is 3.12 bits per heavy atom. The zero-order valence-corrected chi connectivity index (χ0v) is 10.4. The molecule has 0 bridgehead atoms. The summed E-state index contributed by atoms with van der Waals surface area (Å²) in [5, 5.41) is 8.94. The van der Waals surface area contributed by atoms with Crippen LogP contribution in [0.15, 0.2) is 22.7 Å². The highest BCUT2D eigenvalue weighted by Gasteiger charge is 2.24. The van der Waals surface area contributed by atoms with Crippen molar-refractivity contribution in [3.05, 3.63) is 34.1 Å². The van der Waals surface area contributed by atoms with Gasteiger partial charge in [0.25, 0.3) is 0 Å². The van der Waals surface area contributed by atoms with Gasteiger partial charge < -0.3 is 0 Å². The van der Waals surface area contributed by atoms with Gasteiger partial charge in [0.1, 0.15) is 5.82 Å². The van der Waals surface area contributed by atoms with E-state index in [1.165, 1.54) is 6.07 Å². The molecule has 0 amide bonds. The Kier molecular flexibility index (Phi) is 3.57. The van der Waals surface area contributed by atoms with E-state index in [9.17, 15) is 4.39 Å². The van der Waals surface area contributed by atoms with Gasteiger partial charge in [0.15, 0.2) is 0 Å². The van der Waals surface area contributed by atoms with E-state index in [0.29, 0.717) is 12.1 Å². The van der Waals surface area contributed by atoms with Gasteiger partial charge >= 0.3 is 0 Å². The third-order valence-electron chi connectivity index (χ3n) is 2.89. The van der Waals surface area contributed by atoms with Crippen molar-refractivity contribution in [3.8, 4) is 6.07 Å². The summed E-state index contributed by atoms with van der Waals surface area (Å²) in [4.78, 5) is 2.03. The first kappa shape index (κ1) is 11.6. The summed E-state index contributed by atoms with van der Waals surface area (Å²) in [6.07, 6.45) is 1.92. The highest BCUT2D eigenvalue weighted by molar-refractivity contribution is 9.10. The van der Waals surface area contributed by atoms with Gasteiger partial charge in [-0.3, -0.25) is 4.90 Å². The fraction of sp³-hybridized carbons (Fsp3) is 0.417. The van der Waals surface area contributed by atoms with Crippen LogP contribution in [0.3, 0.4) is 0 Å². The molecule has 0 N–H and O–H groups in total. The zero-order chi connectivity index (χ0) is 11.5. The van der Waals surface area contributed by atoms with Gasteiger partial charge in [-0.1, -0.05) is 15.9 Å². The van der Waals surface area contributed by atoms with Crippen LogP contribution >= 0.6 is 15.9 Å². The fourth-order valence-electron chi connectivity index (χ4n) is 2.04. The van der Waals surface area contributed by atoms with Gasteiger partial charge in [-0.2, -0.15) is 5.26 Å². The van der Waals surface area contributed by atoms with E-state index in [2.05, 4.69) is 22.0 Å². The van der Waals surface area contributed by atoms with Crippen LogP contribution in [0.25, 0.3) is 0 Å². The van der Waals surface area contributed by atoms with Gasteiger partial charge in [0.05, 0.1) is 12.1 Å². The minimum Gasteiger partial charge on any atom is -0.284 e. The Morgan fingerprint density at radius 2 is 2.38 bits per heavy atom. The normalized spacial score (nSPS) is 20.9. The van der Waals surface area contributed by atoms with Crippen molar-refractivity contribution in [2.24, 2.45) is 0 Å². The quantitative estimate of drug-likeness (QED) is 0.834. The van der Waals surface area contributed by atoms with Crippen LogP contribution in [0, 0.1) is 17.1 Å². The van der Waals surface area contributed by atoms with Crippen LogP contribution in [0.1, 0.15) is 18.4 Å². The topological polar surface area (TPSA) is 27.0 Å². The van der Waals surface area contributed by atoms with E-state index >= 15 is 0 Å². The summed E-state index contributed by atoms with van der Waals surface area (Å²) >= 11 is 3.33. The minimum absolute atomic E-state index is 0.0571. The maximum atomic E-state index is 13.5. The van der Waals surface area contributed by atoms with Crippen molar-refractivity contribution in [1.29, 1.82) is 5.26 Å². The predicted octanol–water partition coefficient (Wildman–Crippen LogP) is 3.08. The number of hydrogen-bond acceptors (Lipinski definition) is 2. The second kappa shape index (κ2) is 4.94. The van der Waals surface area contributed by atoms with Crippen LogP contribution in [-0.2, 0) is 6.54 Å². The van der Waals surface area contributed by atoms with Crippen molar-refractivity contribution >= 4 is 15.9 Å². The molecule has 1 aliphatic heterocycles. The third kappa shape index (κ3) is 2.42. The van der Waals surface area contributed by atoms with Gasteiger partial charge in [0, 0.05) is 16.6 Å². The van der Waals surface area contributed by atoms with Crippen LogP contribution in [-0.4, -0.2) is 17.5 Å². The lowest BCUT2D eigenvalue weighted by molar-refractivity contribution is 0.282. The summed E-state index contributed by atoms with van der Waals surface area (Å²) in [6, 6.07) is 7.12. The maximum Gasteiger partial charge on any atom is 0.127 e. The number of rotatable bonds is 2. The summed E-state index contributed by atoms with van der Waals surface area (Å²) in [6.45, 7) is 1.40. The molecule has 1 aromatic rings. The Hall–Kier alpha value is -0.920. The van der Waals surface area contributed by atoms with Crippen LogP contribution in [0.2, 0.25) is 0 Å². The SMILES string of the molecule is N#CC1CCCN1Cc1cc(Br)ccc1F. The molecule has 0 spiro atoms. The number of hydrogen-bond donors (Lipinski definition) is 0. The van der Waals surface area contributed by atoms with Crippen LogP contribution in [0.5, 0.6) is 0 Å². The molecule has 2 rings (SSSR count). The van der Waals surface area contributed by atoms with E-state index in [-0.39, 0.29) is 11.9 Å². The molecule has 84 valence electrons. The van der Waals surface area contributed by atoms with Gasteiger partial charge in [0.2, 0.25) is 0 Å². The molecule has 1 saturated heterocycles. The van der Waals surface area contributed by atoms with Crippen molar-refractivity contribution in [3.63, 3.8) is 0 Å².